The molecule has 0 aliphatic rings. The van der Waals surface area contributed by atoms with E-state index in [1.165, 1.54) is 11.3 Å². The van der Waals surface area contributed by atoms with Crippen molar-refractivity contribution >= 4 is 17.2 Å². The fourth-order valence-electron chi connectivity index (χ4n) is 3.40. The summed E-state index contributed by atoms with van der Waals surface area (Å²) in [6.07, 6.45) is 0. The minimum absolute atomic E-state index is 0.0367. The fraction of sp³-hybridized carbons (Fsp3) is 0.208. The monoisotopic (exact) mass is 433 g/mol. The Balaban J connectivity index is 1.63. The molecule has 0 spiro atoms. The van der Waals surface area contributed by atoms with E-state index in [1.807, 2.05) is 78.2 Å². The minimum atomic E-state index is -0.432. The molecule has 31 heavy (non-hydrogen) atoms. The summed E-state index contributed by atoms with van der Waals surface area (Å²) in [6.45, 7) is 1.05. The van der Waals surface area contributed by atoms with Crippen LogP contribution in [0.4, 0.5) is 0 Å². The van der Waals surface area contributed by atoms with Gasteiger partial charge in [0, 0.05) is 13.7 Å². The van der Waals surface area contributed by atoms with Gasteiger partial charge in [-0.15, -0.1) is 21.5 Å². The van der Waals surface area contributed by atoms with Gasteiger partial charge in [0.15, 0.2) is 0 Å². The van der Waals surface area contributed by atoms with Crippen molar-refractivity contribution in [1.82, 2.24) is 15.1 Å². The lowest BCUT2D eigenvalue weighted by Gasteiger charge is -2.27. The van der Waals surface area contributed by atoms with Gasteiger partial charge in [0.05, 0.1) is 23.9 Å². The third-order valence-corrected chi connectivity index (χ3v) is 5.77. The Morgan fingerprint density at radius 3 is 2.26 bits per heavy atom. The van der Waals surface area contributed by atoms with E-state index in [4.69, 9.17) is 9.15 Å². The van der Waals surface area contributed by atoms with Crippen molar-refractivity contribution in [3.8, 4) is 10.8 Å². The molecule has 0 bridgehead atoms. The summed E-state index contributed by atoms with van der Waals surface area (Å²) < 4.78 is 11.1. The van der Waals surface area contributed by atoms with Crippen LogP contribution in [0, 0.1) is 0 Å². The van der Waals surface area contributed by atoms with Gasteiger partial charge >= 0.3 is 0 Å². The number of hydrogen-bond donors (Lipinski definition) is 0. The summed E-state index contributed by atoms with van der Waals surface area (Å²) in [6, 6.07) is 23.5. The number of amides is 1. The molecule has 0 saturated carbocycles. The number of carbonyl (C=O) groups is 1. The molecule has 2 heterocycles. The molecule has 0 fully saturated rings. The highest BCUT2D eigenvalue weighted by Gasteiger charge is 2.28. The first-order valence-electron chi connectivity index (χ1n) is 10.00. The molecular formula is C24H23N3O3S. The van der Waals surface area contributed by atoms with Gasteiger partial charge in [-0.3, -0.25) is 4.79 Å². The molecule has 0 radical (unpaired) electrons. The first-order chi connectivity index (χ1) is 15.3. The number of aromatic nitrogens is 2. The average Bonchev–Trinajstić information content (AvgIpc) is 3.50. The van der Waals surface area contributed by atoms with E-state index in [0.29, 0.717) is 24.9 Å². The molecule has 0 saturated heterocycles. The summed E-state index contributed by atoms with van der Waals surface area (Å²) in [5, 5.41) is 10.3. The number of nitrogens with zero attached hydrogens (tertiary/aromatic N) is 3. The Kier molecular flexibility index (Phi) is 6.86. The zero-order chi connectivity index (χ0) is 21.5. The maximum Gasteiger partial charge on any atom is 0.257 e. The van der Waals surface area contributed by atoms with E-state index in [-0.39, 0.29) is 12.5 Å². The van der Waals surface area contributed by atoms with Crippen LogP contribution in [0.5, 0.6) is 0 Å². The molecule has 4 rings (SSSR count). The minimum Gasteiger partial charge on any atom is -0.418 e. The summed E-state index contributed by atoms with van der Waals surface area (Å²) in [5.41, 5.74) is 1.87. The van der Waals surface area contributed by atoms with Gasteiger partial charge in [-0.2, -0.15) is 0 Å². The molecule has 0 N–H and O–H groups in total. The van der Waals surface area contributed by atoms with Crippen LogP contribution in [0.25, 0.3) is 10.8 Å². The number of ether oxygens (including phenoxy) is 1. The molecule has 2 aromatic heterocycles. The maximum absolute atomic E-state index is 13.8. The molecule has 0 aliphatic heterocycles. The number of rotatable bonds is 9. The van der Waals surface area contributed by atoms with Crippen molar-refractivity contribution in [2.45, 2.75) is 12.5 Å². The lowest BCUT2D eigenvalue weighted by molar-refractivity contribution is -0.133. The molecule has 7 heteroatoms. The second kappa shape index (κ2) is 10.1. The lowest BCUT2D eigenvalue weighted by atomic mass is 9.90. The predicted octanol–water partition coefficient (Wildman–Crippen LogP) is 4.61. The molecule has 0 atom stereocenters. The van der Waals surface area contributed by atoms with Crippen LogP contribution in [0.3, 0.4) is 0 Å². The van der Waals surface area contributed by atoms with Crippen molar-refractivity contribution in [2.75, 3.05) is 20.3 Å². The second-order valence-electron chi connectivity index (χ2n) is 6.99. The Morgan fingerprint density at radius 1 is 1.00 bits per heavy atom. The number of benzene rings is 2. The van der Waals surface area contributed by atoms with Gasteiger partial charge in [0.1, 0.15) is 0 Å². The quantitative estimate of drug-likeness (QED) is 0.386. The molecule has 1 amide bonds. The standard InChI is InChI=1S/C24H23N3O3S/c1-29-15-14-27(17-21-25-26-23(30-21)20-13-8-16-31-20)24(28)22(18-9-4-2-5-10-18)19-11-6-3-7-12-19/h2-13,16,22H,14-15,17H2,1H3. The van der Waals surface area contributed by atoms with Crippen LogP contribution in [0.15, 0.2) is 82.6 Å². The maximum atomic E-state index is 13.8. The summed E-state index contributed by atoms with van der Waals surface area (Å²) in [5.74, 6) is 0.392. The highest BCUT2D eigenvalue weighted by Crippen LogP contribution is 2.28. The molecule has 158 valence electrons. The molecule has 6 nitrogen and oxygen atoms in total. The Hall–Kier alpha value is -3.29. The highest BCUT2D eigenvalue weighted by atomic mass is 32.1. The van der Waals surface area contributed by atoms with Crippen molar-refractivity contribution in [2.24, 2.45) is 0 Å². The Morgan fingerprint density at radius 2 is 1.68 bits per heavy atom. The summed E-state index contributed by atoms with van der Waals surface area (Å²) in [7, 11) is 1.62. The SMILES string of the molecule is COCCN(Cc1nnc(-c2cccs2)o1)C(=O)C(c1ccccc1)c1ccccc1. The van der Waals surface area contributed by atoms with Crippen LogP contribution < -0.4 is 0 Å². The van der Waals surface area contributed by atoms with Gasteiger partial charge in [-0.05, 0) is 22.6 Å². The average molecular weight is 434 g/mol. The first kappa shape index (κ1) is 21.0. The zero-order valence-electron chi connectivity index (χ0n) is 17.2. The third kappa shape index (κ3) is 5.07. The number of hydrogen-bond acceptors (Lipinski definition) is 6. The Bertz CT molecular complexity index is 1040. The molecular weight excluding hydrogens is 410 g/mol. The van der Waals surface area contributed by atoms with E-state index in [0.717, 1.165) is 16.0 Å². The topological polar surface area (TPSA) is 68.5 Å². The predicted molar refractivity (Wildman–Crippen MR) is 120 cm³/mol. The van der Waals surface area contributed by atoms with Crippen LogP contribution in [0.1, 0.15) is 22.9 Å². The molecule has 2 aromatic carbocycles. The molecule has 0 unspecified atom stereocenters. The Labute approximate surface area is 185 Å². The number of methoxy groups -OCH3 is 1. The van der Waals surface area contributed by atoms with Gasteiger partial charge in [-0.25, -0.2) is 0 Å². The second-order valence-corrected chi connectivity index (χ2v) is 7.93. The van der Waals surface area contributed by atoms with Crippen molar-refractivity contribution in [1.29, 1.82) is 0 Å². The normalized spacial score (nSPS) is 11.0. The van der Waals surface area contributed by atoms with Crippen molar-refractivity contribution < 1.29 is 13.9 Å². The third-order valence-electron chi connectivity index (χ3n) is 4.91. The first-order valence-corrected chi connectivity index (χ1v) is 10.9. The van der Waals surface area contributed by atoms with E-state index >= 15 is 0 Å². The van der Waals surface area contributed by atoms with Crippen molar-refractivity contribution in [3.05, 3.63) is 95.2 Å². The smallest absolute Gasteiger partial charge is 0.257 e. The molecule has 4 aromatic rings. The van der Waals surface area contributed by atoms with Crippen LogP contribution in [-0.4, -0.2) is 41.3 Å². The van der Waals surface area contributed by atoms with E-state index in [1.54, 1.807) is 12.0 Å². The van der Waals surface area contributed by atoms with Gasteiger partial charge in [-0.1, -0.05) is 66.7 Å². The van der Waals surface area contributed by atoms with Gasteiger partial charge < -0.3 is 14.1 Å². The summed E-state index contributed by atoms with van der Waals surface area (Å²) in [4.78, 5) is 16.4. The fourth-order valence-corrected chi connectivity index (χ4v) is 4.04. The van der Waals surface area contributed by atoms with Crippen LogP contribution in [-0.2, 0) is 16.1 Å². The largest absolute Gasteiger partial charge is 0.418 e. The van der Waals surface area contributed by atoms with Crippen LogP contribution >= 0.6 is 11.3 Å². The lowest BCUT2D eigenvalue weighted by Crippen LogP contribution is -2.37. The van der Waals surface area contributed by atoms with E-state index in [9.17, 15) is 4.79 Å². The number of thiophene rings is 1. The van der Waals surface area contributed by atoms with Crippen LogP contribution in [0.2, 0.25) is 0 Å². The van der Waals surface area contributed by atoms with E-state index < -0.39 is 5.92 Å². The summed E-state index contributed by atoms with van der Waals surface area (Å²) >= 11 is 1.53. The molecule has 0 aliphatic carbocycles. The highest BCUT2D eigenvalue weighted by molar-refractivity contribution is 7.13. The van der Waals surface area contributed by atoms with E-state index in [2.05, 4.69) is 10.2 Å². The van der Waals surface area contributed by atoms with Gasteiger partial charge in [0.25, 0.3) is 5.89 Å². The number of carbonyl (C=O) groups excluding carboxylic acids is 1. The van der Waals surface area contributed by atoms with Crippen molar-refractivity contribution in [3.63, 3.8) is 0 Å². The van der Waals surface area contributed by atoms with Gasteiger partial charge in [0.2, 0.25) is 11.8 Å². The zero-order valence-corrected chi connectivity index (χ0v) is 18.0.